The van der Waals surface area contributed by atoms with Crippen LogP contribution in [-0.2, 0) is 11.8 Å². The number of anilines is 2. The average molecular weight is 981 g/mol. The molecule has 77 heavy (non-hydrogen) atoms. The summed E-state index contributed by atoms with van der Waals surface area (Å²) in [6, 6.07) is 83.6. The predicted octanol–water partition coefficient (Wildman–Crippen LogP) is 17.9. The van der Waals surface area contributed by atoms with Crippen LogP contribution in [0.1, 0.15) is 51.4 Å². The topological polar surface area (TPSA) is 18.0 Å². The molecule has 2 unspecified atom stereocenters. The van der Waals surface area contributed by atoms with E-state index in [-0.39, 0.29) is 12.0 Å². The molecule has 0 radical (unpaired) electrons. The van der Waals surface area contributed by atoms with Gasteiger partial charge in [0.25, 0.3) is 0 Å². The van der Waals surface area contributed by atoms with Crippen molar-refractivity contribution in [2.75, 3.05) is 4.90 Å². The highest BCUT2D eigenvalue weighted by molar-refractivity contribution is 6.11. The average Bonchev–Trinajstić information content (AvgIpc) is 4.43. The lowest BCUT2D eigenvalue weighted by Gasteiger charge is -2.33. The fraction of sp³-hybridized carbons (Fsp3) is 0.0685. The Hall–Kier alpha value is -9.64. The Morgan fingerprint density at radius 1 is 0.377 bits per heavy atom. The monoisotopic (exact) mass is 980 g/mol. The molecule has 13 aromatic rings. The Labute approximate surface area is 445 Å². The van der Waals surface area contributed by atoms with Crippen LogP contribution in [0.5, 0.6) is 0 Å². The summed E-state index contributed by atoms with van der Waals surface area (Å²) in [6.07, 6.45) is 16.0. The van der Waals surface area contributed by atoms with Crippen LogP contribution in [0.4, 0.5) is 11.4 Å². The first kappa shape index (κ1) is 41.7. The molecule has 0 bridgehead atoms. The summed E-state index contributed by atoms with van der Waals surface area (Å²) in [5, 5.41) is 6.35. The second-order valence-corrected chi connectivity index (χ2v) is 21.8. The number of aromatic nitrogens is 3. The van der Waals surface area contributed by atoms with Crippen molar-refractivity contribution in [3.8, 4) is 39.3 Å². The second kappa shape index (κ2) is 15.2. The number of nitrogens with zero attached hydrogens (tertiary/aromatic N) is 4. The van der Waals surface area contributed by atoms with Crippen LogP contribution < -0.4 is 4.90 Å². The van der Waals surface area contributed by atoms with Gasteiger partial charge in [0.1, 0.15) is 0 Å². The van der Waals surface area contributed by atoms with Crippen molar-refractivity contribution in [2.24, 2.45) is 0 Å². The minimum Gasteiger partial charge on any atom is -0.333 e. The number of allylic oxidation sites excluding steroid dienone is 3. The molecule has 0 saturated heterocycles. The number of fused-ring (bicyclic) bond motifs is 22. The minimum atomic E-state index is -0.727. The molecule has 3 aromatic heterocycles. The maximum absolute atomic E-state index is 2.62. The molecule has 1 aliphatic heterocycles. The maximum Gasteiger partial charge on any atom is 0.0728 e. The van der Waals surface area contributed by atoms with Crippen LogP contribution in [-0.4, -0.2) is 19.7 Å². The molecule has 4 aliphatic carbocycles. The van der Waals surface area contributed by atoms with Gasteiger partial charge in [0.2, 0.25) is 0 Å². The Balaban J connectivity index is 0.975. The molecule has 5 aliphatic rings. The largest absolute Gasteiger partial charge is 0.333 e. The van der Waals surface area contributed by atoms with Gasteiger partial charge in [-0.15, -0.1) is 0 Å². The predicted molar refractivity (Wildman–Crippen MR) is 319 cm³/mol. The molecule has 0 amide bonds. The lowest BCUT2D eigenvalue weighted by molar-refractivity contribution is 0.742. The highest BCUT2D eigenvalue weighted by Crippen LogP contribution is 2.65. The van der Waals surface area contributed by atoms with Crippen molar-refractivity contribution >= 4 is 72.0 Å². The number of hydrogen-bond donors (Lipinski definition) is 0. The van der Waals surface area contributed by atoms with Crippen LogP contribution >= 0.6 is 0 Å². The van der Waals surface area contributed by atoms with Crippen molar-refractivity contribution < 1.29 is 0 Å². The van der Waals surface area contributed by atoms with E-state index in [0.717, 1.165) is 24.2 Å². The molecular weight excluding hydrogens is 933 g/mol. The highest BCUT2D eigenvalue weighted by atomic mass is 15.2. The molecule has 0 N–H and O–H groups in total. The molecule has 4 heterocycles. The summed E-state index contributed by atoms with van der Waals surface area (Å²) in [5.74, 6) is 0.269. The van der Waals surface area contributed by atoms with E-state index in [9.17, 15) is 0 Å². The molecule has 10 aromatic carbocycles. The molecule has 1 spiro atoms. The zero-order chi connectivity index (χ0) is 50.1. The maximum atomic E-state index is 2.62. The zero-order valence-electron chi connectivity index (χ0n) is 42.1. The van der Waals surface area contributed by atoms with Gasteiger partial charge in [0.05, 0.1) is 39.0 Å². The standard InChI is InChI=1S/C73H48N4/c1-9-25-65-53(17-1)54-18-2-10-26-66(54)74(65)45-33-37-49-50-38-34-46(75-67-27-11-3-19-55(67)56-20-4-12-28-68(56)75)42-62(50)73(61(49)41-45)63-43-47(76-69-29-13-5-21-57(69)58-22-6-14-30-70(58)76)35-39-51(63)52-40-36-48(44-64(52)73)77-71-31-15-7-23-59(71)60-24-8-16-32-72(60)77/h1-15,17-31,33-44,53,65H,16,32H2/t53?,65?,73-/m0/s1. The number of hydrogen-bond acceptors (Lipinski definition) is 1. The lowest BCUT2D eigenvalue weighted by Crippen LogP contribution is -2.30. The Bertz CT molecular complexity index is 4620. The van der Waals surface area contributed by atoms with E-state index in [1.165, 1.54) is 133 Å². The first-order chi connectivity index (χ1) is 38.2. The summed E-state index contributed by atoms with van der Waals surface area (Å²) >= 11 is 0. The van der Waals surface area contributed by atoms with Crippen molar-refractivity contribution in [3.05, 3.63) is 288 Å². The van der Waals surface area contributed by atoms with Crippen LogP contribution in [0, 0.1) is 0 Å². The van der Waals surface area contributed by atoms with Crippen LogP contribution in [0.25, 0.3) is 99.9 Å². The third-order valence-corrected chi connectivity index (χ3v) is 18.2. The molecule has 0 saturated carbocycles. The normalized spacial score (nSPS) is 18.2. The van der Waals surface area contributed by atoms with Crippen LogP contribution in [0.3, 0.4) is 0 Å². The highest BCUT2D eigenvalue weighted by Gasteiger charge is 2.53. The third kappa shape index (κ3) is 5.36. The van der Waals surface area contributed by atoms with E-state index in [4.69, 9.17) is 0 Å². The van der Waals surface area contributed by atoms with Gasteiger partial charge in [0.15, 0.2) is 0 Å². The van der Waals surface area contributed by atoms with Crippen LogP contribution in [0.15, 0.2) is 249 Å². The van der Waals surface area contributed by atoms with Gasteiger partial charge >= 0.3 is 0 Å². The van der Waals surface area contributed by atoms with Gasteiger partial charge in [0, 0.05) is 72.5 Å². The van der Waals surface area contributed by atoms with Crippen molar-refractivity contribution in [1.82, 2.24) is 13.7 Å². The molecule has 0 fully saturated rings. The fourth-order valence-electron chi connectivity index (χ4n) is 15.2. The zero-order valence-corrected chi connectivity index (χ0v) is 42.1. The van der Waals surface area contributed by atoms with E-state index >= 15 is 0 Å². The van der Waals surface area contributed by atoms with Crippen molar-refractivity contribution in [2.45, 2.75) is 30.2 Å². The Morgan fingerprint density at radius 3 is 1.32 bits per heavy atom. The molecule has 4 heteroatoms. The summed E-state index contributed by atoms with van der Waals surface area (Å²) in [7, 11) is 0. The number of para-hydroxylation sites is 6. The van der Waals surface area contributed by atoms with Gasteiger partial charge < -0.3 is 18.6 Å². The van der Waals surface area contributed by atoms with Gasteiger partial charge in [-0.05, 0) is 148 Å². The van der Waals surface area contributed by atoms with E-state index in [2.05, 4.69) is 273 Å². The first-order valence-corrected chi connectivity index (χ1v) is 27.3. The van der Waals surface area contributed by atoms with Gasteiger partial charge in [-0.1, -0.05) is 170 Å². The smallest absolute Gasteiger partial charge is 0.0728 e. The molecule has 4 nitrogen and oxygen atoms in total. The molecular formula is C73H48N4. The van der Waals surface area contributed by atoms with Gasteiger partial charge in [-0.3, -0.25) is 0 Å². The van der Waals surface area contributed by atoms with E-state index in [0.29, 0.717) is 0 Å². The van der Waals surface area contributed by atoms with E-state index in [1.54, 1.807) is 0 Å². The van der Waals surface area contributed by atoms with Crippen molar-refractivity contribution in [3.63, 3.8) is 0 Å². The summed E-state index contributed by atoms with van der Waals surface area (Å²) < 4.78 is 7.59. The van der Waals surface area contributed by atoms with Crippen LogP contribution in [0.2, 0.25) is 0 Å². The molecule has 18 rings (SSSR count). The fourth-order valence-corrected chi connectivity index (χ4v) is 15.2. The SMILES string of the molecule is C1=CC2c3ccccc3N(c3ccc4c(c3)[C@]3(c5cc(-n6c7c(c8ccccc86)C=CCC7)ccc5-c5ccc(-n6c7ccccc7c7ccccc76)cc53)c3cc(-n5c6ccccc6c6ccccc65)ccc3-4)C2C=C1. The van der Waals surface area contributed by atoms with Gasteiger partial charge in [-0.25, -0.2) is 0 Å². The third-order valence-electron chi connectivity index (χ3n) is 18.2. The summed E-state index contributed by atoms with van der Waals surface area (Å²) in [4.78, 5) is 2.62. The number of benzene rings is 10. The summed E-state index contributed by atoms with van der Waals surface area (Å²) in [6.45, 7) is 0. The Morgan fingerprint density at radius 2 is 0.792 bits per heavy atom. The van der Waals surface area contributed by atoms with Crippen molar-refractivity contribution in [1.29, 1.82) is 0 Å². The Kier molecular flexibility index (Phi) is 8.25. The lowest BCUT2D eigenvalue weighted by atomic mass is 9.70. The molecule has 3 atom stereocenters. The quantitative estimate of drug-likeness (QED) is 0.172. The first-order valence-electron chi connectivity index (χ1n) is 27.3. The van der Waals surface area contributed by atoms with E-state index in [1.807, 2.05) is 0 Å². The molecule has 360 valence electrons. The van der Waals surface area contributed by atoms with Gasteiger partial charge in [-0.2, -0.15) is 0 Å². The number of rotatable bonds is 4. The second-order valence-electron chi connectivity index (χ2n) is 21.8. The summed E-state index contributed by atoms with van der Waals surface area (Å²) in [5.41, 5.74) is 25.8. The minimum absolute atomic E-state index is 0.163. The van der Waals surface area contributed by atoms with E-state index < -0.39 is 5.41 Å².